The zero-order chi connectivity index (χ0) is 12.9. The highest BCUT2D eigenvalue weighted by atomic mass is 16.3. The van der Waals surface area contributed by atoms with Crippen LogP contribution in [0.15, 0.2) is 12.1 Å². The summed E-state index contributed by atoms with van der Waals surface area (Å²) in [4.78, 5) is 10.7. The average molecular weight is 222 g/mol. The standard InChI is InChI=1S/C12H16O2.C2H6/c1-8-5-10(12(2,3)4)6-9(7-13)11(8)14;1-2/h5-7,14H,1-4H3;1-2H3. The first-order valence-corrected chi connectivity index (χ1v) is 5.65. The van der Waals surface area contributed by atoms with Crippen molar-refractivity contribution in [3.05, 3.63) is 28.8 Å². The molecule has 2 nitrogen and oxygen atoms in total. The number of aldehydes is 1. The maximum atomic E-state index is 10.7. The number of hydrogen-bond acceptors (Lipinski definition) is 2. The minimum Gasteiger partial charge on any atom is -0.507 e. The maximum absolute atomic E-state index is 10.7. The van der Waals surface area contributed by atoms with Crippen LogP contribution >= 0.6 is 0 Å². The van der Waals surface area contributed by atoms with Gasteiger partial charge in [-0.25, -0.2) is 0 Å². The zero-order valence-electron chi connectivity index (χ0n) is 11.1. The number of carbonyl (C=O) groups excluding carboxylic acids is 1. The number of aryl methyl sites for hydroxylation is 1. The summed E-state index contributed by atoms with van der Waals surface area (Å²) in [6, 6.07) is 3.66. The molecule has 16 heavy (non-hydrogen) atoms. The van der Waals surface area contributed by atoms with Crippen LogP contribution < -0.4 is 0 Å². The number of aromatic hydroxyl groups is 1. The molecule has 0 spiro atoms. The van der Waals surface area contributed by atoms with Gasteiger partial charge in [0.2, 0.25) is 0 Å². The highest BCUT2D eigenvalue weighted by Crippen LogP contribution is 2.29. The predicted molar refractivity (Wildman–Crippen MR) is 68.3 cm³/mol. The fourth-order valence-corrected chi connectivity index (χ4v) is 1.33. The van der Waals surface area contributed by atoms with Crippen molar-refractivity contribution in [2.24, 2.45) is 0 Å². The molecule has 0 fully saturated rings. The normalized spacial score (nSPS) is 10.4. The van der Waals surface area contributed by atoms with Crippen LogP contribution in [0, 0.1) is 6.92 Å². The Kier molecular flexibility index (Phi) is 5.22. The Morgan fingerprint density at radius 2 is 1.69 bits per heavy atom. The van der Waals surface area contributed by atoms with Gasteiger partial charge in [0.15, 0.2) is 6.29 Å². The van der Waals surface area contributed by atoms with E-state index in [1.807, 2.05) is 19.9 Å². The fourth-order valence-electron chi connectivity index (χ4n) is 1.33. The summed E-state index contributed by atoms with van der Waals surface area (Å²) in [7, 11) is 0. The van der Waals surface area contributed by atoms with Crippen LogP contribution in [0.25, 0.3) is 0 Å². The van der Waals surface area contributed by atoms with E-state index >= 15 is 0 Å². The molecule has 1 N–H and O–H groups in total. The molecule has 0 aliphatic carbocycles. The van der Waals surface area contributed by atoms with Gasteiger partial charge in [-0.3, -0.25) is 4.79 Å². The molecule has 0 aliphatic rings. The minimum absolute atomic E-state index is 0.00375. The van der Waals surface area contributed by atoms with E-state index in [0.717, 1.165) is 11.1 Å². The average Bonchev–Trinajstić information content (AvgIpc) is 2.23. The predicted octanol–water partition coefficient (Wildman–Crippen LogP) is 3.84. The van der Waals surface area contributed by atoms with Crippen LogP contribution in [0.1, 0.15) is 56.1 Å². The molecule has 0 radical (unpaired) electrons. The zero-order valence-corrected chi connectivity index (χ0v) is 11.1. The van der Waals surface area contributed by atoms with Crippen molar-refractivity contribution >= 4 is 6.29 Å². The molecule has 90 valence electrons. The summed E-state index contributed by atoms with van der Waals surface area (Å²) in [5, 5.41) is 9.56. The Morgan fingerprint density at radius 1 is 1.19 bits per heavy atom. The lowest BCUT2D eigenvalue weighted by Gasteiger charge is -2.20. The number of hydrogen-bond donors (Lipinski definition) is 1. The number of benzene rings is 1. The van der Waals surface area contributed by atoms with Crippen LogP contribution in [0.4, 0.5) is 0 Å². The molecule has 1 aromatic carbocycles. The van der Waals surface area contributed by atoms with E-state index in [4.69, 9.17) is 0 Å². The number of phenolic OH excluding ortho intramolecular Hbond substituents is 1. The van der Waals surface area contributed by atoms with Crippen molar-refractivity contribution in [2.75, 3.05) is 0 Å². The number of carbonyl (C=O) groups is 1. The lowest BCUT2D eigenvalue weighted by atomic mass is 9.85. The van der Waals surface area contributed by atoms with Crippen molar-refractivity contribution < 1.29 is 9.90 Å². The van der Waals surface area contributed by atoms with E-state index in [1.54, 1.807) is 13.0 Å². The first-order chi connectivity index (χ1) is 7.36. The Hall–Kier alpha value is -1.31. The minimum atomic E-state index is -0.00375. The van der Waals surface area contributed by atoms with Crippen LogP contribution in [0.5, 0.6) is 5.75 Å². The summed E-state index contributed by atoms with van der Waals surface area (Å²) in [6.07, 6.45) is 0.692. The molecule has 0 amide bonds. The molecule has 0 saturated carbocycles. The van der Waals surface area contributed by atoms with E-state index in [-0.39, 0.29) is 11.2 Å². The van der Waals surface area contributed by atoms with E-state index < -0.39 is 0 Å². The van der Waals surface area contributed by atoms with Crippen LogP contribution in [0.3, 0.4) is 0 Å². The summed E-state index contributed by atoms with van der Waals surface area (Å²) in [5.41, 5.74) is 2.18. The van der Waals surface area contributed by atoms with Crippen molar-refractivity contribution in [2.45, 2.75) is 47.0 Å². The topological polar surface area (TPSA) is 37.3 Å². The van der Waals surface area contributed by atoms with Gasteiger partial charge in [0.1, 0.15) is 5.75 Å². The first-order valence-electron chi connectivity index (χ1n) is 5.65. The van der Waals surface area contributed by atoms with Gasteiger partial charge in [-0.05, 0) is 29.5 Å². The van der Waals surface area contributed by atoms with Gasteiger partial charge in [-0.15, -0.1) is 0 Å². The van der Waals surface area contributed by atoms with Gasteiger partial charge in [0.25, 0.3) is 0 Å². The Morgan fingerprint density at radius 3 is 2.06 bits per heavy atom. The summed E-state index contributed by atoms with van der Waals surface area (Å²) >= 11 is 0. The lowest BCUT2D eigenvalue weighted by Crippen LogP contribution is -2.11. The maximum Gasteiger partial charge on any atom is 0.153 e. The van der Waals surface area contributed by atoms with Crippen molar-refractivity contribution in [3.8, 4) is 5.75 Å². The molecule has 0 aromatic heterocycles. The van der Waals surface area contributed by atoms with E-state index in [0.29, 0.717) is 11.8 Å². The molecule has 0 aliphatic heterocycles. The van der Waals surface area contributed by atoms with Gasteiger partial charge in [0.05, 0.1) is 5.56 Å². The second-order valence-electron chi connectivity index (χ2n) is 4.60. The monoisotopic (exact) mass is 222 g/mol. The molecule has 0 atom stereocenters. The van der Waals surface area contributed by atoms with Gasteiger partial charge < -0.3 is 5.11 Å². The Labute approximate surface area is 98.3 Å². The molecule has 0 bridgehead atoms. The third-order valence-corrected chi connectivity index (χ3v) is 2.32. The van der Waals surface area contributed by atoms with Gasteiger partial charge in [-0.2, -0.15) is 0 Å². The largest absolute Gasteiger partial charge is 0.507 e. The van der Waals surface area contributed by atoms with Crippen LogP contribution in [-0.2, 0) is 5.41 Å². The van der Waals surface area contributed by atoms with Crippen LogP contribution in [0.2, 0.25) is 0 Å². The molecule has 0 heterocycles. The molecular formula is C14H22O2. The van der Waals surface area contributed by atoms with Gasteiger partial charge in [0, 0.05) is 0 Å². The fraction of sp³-hybridized carbons (Fsp3) is 0.500. The third kappa shape index (κ3) is 3.37. The van der Waals surface area contributed by atoms with E-state index in [2.05, 4.69) is 20.8 Å². The van der Waals surface area contributed by atoms with E-state index in [9.17, 15) is 9.90 Å². The van der Waals surface area contributed by atoms with Gasteiger partial charge in [-0.1, -0.05) is 40.7 Å². The molecule has 0 saturated heterocycles. The Balaban J connectivity index is 0.00000106. The highest BCUT2D eigenvalue weighted by Gasteiger charge is 2.16. The van der Waals surface area contributed by atoms with Crippen LogP contribution in [-0.4, -0.2) is 11.4 Å². The smallest absolute Gasteiger partial charge is 0.153 e. The third-order valence-electron chi connectivity index (χ3n) is 2.32. The Bertz CT molecular complexity index is 360. The van der Waals surface area contributed by atoms with Crippen molar-refractivity contribution in [1.82, 2.24) is 0 Å². The lowest BCUT2D eigenvalue weighted by molar-refractivity contribution is 0.112. The highest BCUT2D eigenvalue weighted by molar-refractivity contribution is 5.80. The summed E-state index contributed by atoms with van der Waals surface area (Å²) in [5.74, 6) is 0.0907. The summed E-state index contributed by atoms with van der Waals surface area (Å²) < 4.78 is 0. The number of rotatable bonds is 1. The number of phenols is 1. The van der Waals surface area contributed by atoms with Crippen molar-refractivity contribution in [3.63, 3.8) is 0 Å². The first kappa shape index (κ1) is 14.7. The SMILES string of the molecule is CC.Cc1cc(C(C)(C)C)cc(C=O)c1O. The van der Waals surface area contributed by atoms with Crippen molar-refractivity contribution in [1.29, 1.82) is 0 Å². The van der Waals surface area contributed by atoms with Gasteiger partial charge >= 0.3 is 0 Å². The molecule has 1 aromatic rings. The quantitative estimate of drug-likeness (QED) is 0.733. The second kappa shape index (κ2) is 5.69. The molecule has 1 rings (SSSR count). The summed E-state index contributed by atoms with van der Waals surface area (Å²) in [6.45, 7) is 12.0. The second-order valence-corrected chi connectivity index (χ2v) is 4.60. The molecule has 2 heteroatoms. The molecule has 0 unspecified atom stereocenters. The molecular weight excluding hydrogens is 200 g/mol. The van der Waals surface area contributed by atoms with E-state index in [1.165, 1.54) is 0 Å².